The Morgan fingerprint density at radius 1 is 1.16 bits per heavy atom. The van der Waals surface area contributed by atoms with E-state index in [1.165, 1.54) is 37.7 Å². The van der Waals surface area contributed by atoms with Crippen LogP contribution in [-0.2, 0) is 16.1 Å². The van der Waals surface area contributed by atoms with Crippen molar-refractivity contribution in [1.82, 2.24) is 0 Å². The molecule has 0 bridgehead atoms. The molecule has 3 heteroatoms. The van der Waals surface area contributed by atoms with E-state index in [1.807, 2.05) is 0 Å². The first-order chi connectivity index (χ1) is 9.25. The lowest BCUT2D eigenvalue weighted by Crippen LogP contribution is -2.05. The summed E-state index contributed by atoms with van der Waals surface area (Å²) in [5.41, 5.74) is 2.55. The fraction of sp³-hybridized carbons (Fsp3) is 0.562. The number of hydrogen-bond acceptors (Lipinski definition) is 2. The Bertz CT molecular complexity index is 391. The Kier molecular flexibility index (Phi) is 5.40. The SMILES string of the molecule is O=C(O)CCOCc1ccc(C2CCCCC2)cc1. The number of rotatable bonds is 6. The van der Waals surface area contributed by atoms with Crippen molar-refractivity contribution < 1.29 is 14.6 Å². The van der Waals surface area contributed by atoms with Gasteiger partial charge in [-0.1, -0.05) is 43.5 Å². The minimum atomic E-state index is -0.812. The van der Waals surface area contributed by atoms with E-state index in [-0.39, 0.29) is 13.0 Å². The third kappa shape index (κ3) is 4.67. The van der Waals surface area contributed by atoms with Crippen LogP contribution in [0.25, 0.3) is 0 Å². The number of ether oxygens (including phenoxy) is 1. The van der Waals surface area contributed by atoms with E-state index in [2.05, 4.69) is 24.3 Å². The summed E-state index contributed by atoms with van der Waals surface area (Å²) in [5.74, 6) is -0.0802. The Hall–Kier alpha value is -1.35. The minimum Gasteiger partial charge on any atom is -0.481 e. The average molecular weight is 262 g/mol. The van der Waals surface area contributed by atoms with E-state index in [4.69, 9.17) is 9.84 Å². The molecule has 0 aliphatic heterocycles. The van der Waals surface area contributed by atoms with Crippen LogP contribution in [0.2, 0.25) is 0 Å². The lowest BCUT2D eigenvalue weighted by Gasteiger charge is -2.22. The van der Waals surface area contributed by atoms with Crippen molar-refractivity contribution in [2.24, 2.45) is 0 Å². The highest BCUT2D eigenvalue weighted by Crippen LogP contribution is 2.32. The molecule has 3 nitrogen and oxygen atoms in total. The second kappa shape index (κ2) is 7.29. The van der Waals surface area contributed by atoms with Gasteiger partial charge in [-0.25, -0.2) is 0 Å². The number of benzene rings is 1. The zero-order valence-corrected chi connectivity index (χ0v) is 11.3. The smallest absolute Gasteiger partial charge is 0.305 e. The summed E-state index contributed by atoms with van der Waals surface area (Å²) in [7, 11) is 0. The zero-order chi connectivity index (χ0) is 13.5. The Morgan fingerprint density at radius 3 is 2.47 bits per heavy atom. The number of aliphatic carboxylic acids is 1. The molecule has 1 aliphatic rings. The Balaban J connectivity index is 1.79. The molecule has 0 spiro atoms. The molecule has 0 radical (unpaired) electrons. The highest BCUT2D eigenvalue weighted by atomic mass is 16.5. The first-order valence-electron chi connectivity index (χ1n) is 7.14. The number of carboxylic acids is 1. The molecule has 1 aromatic carbocycles. The predicted octanol–water partition coefficient (Wildman–Crippen LogP) is 3.73. The Labute approximate surface area is 114 Å². The number of carboxylic acid groups (broad SMARTS) is 1. The zero-order valence-electron chi connectivity index (χ0n) is 11.3. The van der Waals surface area contributed by atoms with E-state index in [0.717, 1.165) is 11.5 Å². The monoisotopic (exact) mass is 262 g/mol. The first kappa shape index (κ1) is 14.1. The molecule has 2 rings (SSSR count). The van der Waals surface area contributed by atoms with Gasteiger partial charge in [0.1, 0.15) is 0 Å². The molecule has 0 atom stereocenters. The maximum atomic E-state index is 10.4. The summed E-state index contributed by atoms with van der Waals surface area (Å²) in [6.45, 7) is 0.776. The summed E-state index contributed by atoms with van der Waals surface area (Å²) in [5, 5.41) is 8.51. The molecule has 1 aliphatic carbocycles. The molecule has 0 unspecified atom stereocenters. The van der Waals surface area contributed by atoms with Crippen LogP contribution in [0.1, 0.15) is 55.6 Å². The van der Waals surface area contributed by atoms with Crippen LogP contribution in [0.15, 0.2) is 24.3 Å². The molecular weight excluding hydrogens is 240 g/mol. The van der Waals surface area contributed by atoms with Crippen molar-refractivity contribution in [2.75, 3.05) is 6.61 Å². The van der Waals surface area contributed by atoms with Gasteiger partial charge in [-0.15, -0.1) is 0 Å². The van der Waals surface area contributed by atoms with Gasteiger partial charge in [0.25, 0.3) is 0 Å². The average Bonchev–Trinajstić information content (AvgIpc) is 2.45. The molecule has 1 saturated carbocycles. The van der Waals surface area contributed by atoms with Crippen LogP contribution in [0.3, 0.4) is 0 Å². The van der Waals surface area contributed by atoms with Gasteiger partial charge >= 0.3 is 5.97 Å². The van der Waals surface area contributed by atoms with Crippen LogP contribution in [0.5, 0.6) is 0 Å². The third-order valence-corrected chi connectivity index (χ3v) is 3.79. The lowest BCUT2D eigenvalue weighted by molar-refractivity contribution is -0.138. The summed E-state index contributed by atoms with van der Waals surface area (Å²) >= 11 is 0. The van der Waals surface area contributed by atoms with Crippen molar-refractivity contribution in [3.8, 4) is 0 Å². The normalized spacial score (nSPS) is 16.4. The molecule has 104 valence electrons. The van der Waals surface area contributed by atoms with Gasteiger partial charge in [0.05, 0.1) is 19.6 Å². The van der Waals surface area contributed by atoms with Gasteiger partial charge in [0, 0.05) is 0 Å². The molecule has 1 aromatic rings. The van der Waals surface area contributed by atoms with Gasteiger partial charge in [0.2, 0.25) is 0 Å². The third-order valence-electron chi connectivity index (χ3n) is 3.79. The van der Waals surface area contributed by atoms with E-state index in [9.17, 15) is 4.79 Å². The summed E-state index contributed by atoms with van der Waals surface area (Å²) < 4.78 is 5.34. The number of carbonyl (C=O) groups is 1. The fourth-order valence-electron chi connectivity index (χ4n) is 2.67. The van der Waals surface area contributed by atoms with Crippen molar-refractivity contribution >= 4 is 5.97 Å². The second-order valence-electron chi connectivity index (χ2n) is 5.27. The molecule has 0 amide bonds. The first-order valence-corrected chi connectivity index (χ1v) is 7.14. The maximum absolute atomic E-state index is 10.4. The van der Waals surface area contributed by atoms with Gasteiger partial charge in [-0.2, -0.15) is 0 Å². The van der Waals surface area contributed by atoms with E-state index in [0.29, 0.717) is 6.61 Å². The fourth-order valence-corrected chi connectivity index (χ4v) is 2.67. The van der Waals surface area contributed by atoms with Crippen LogP contribution in [0.4, 0.5) is 0 Å². The standard InChI is InChI=1S/C16H22O3/c17-16(18)10-11-19-12-13-6-8-15(9-7-13)14-4-2-1-3-5-14/h6-9,14H,1-5,10-12H2,(H,17,18). The largest absolute Gasteiger partial charge is 0.481 e. The van der Waals surface area contributed by atoms with E-state index in [1.54, 1.807) is 0 Å². The van der Waals surface area contributed by atoms with Crippen LogP contribution < -0.4 is 0 Å². The van der Waals surface area contributed by atoms with Crippen molar-refractivity contribution in [2.45, 2.75) is 51.0 Å². The molecule has 0 saturated heterocycles. The topological polar surface area (TPSA) is 46.5 Å². The van der Waals surface area contributed by atoms with Crippen molar-refractivity contribution in [3.05, 3.63) is 35.4 Å². The molecule has 19 heavy (non-hydrogen) atoms. The highest BCUT2D eigenvalue weighted by Gasteiger charge is 2.14. The molecule has 0 heterocycles. The molecule has 1 fully saturated rings. The highest BCUT2D eigenvalue weighted by molar-refractivity contribution is 5.66. The molecule has 1 N–H and O–H groups in total. The molecular formula is C16H22O3. The van der Waals surface area contributed by atoms with Crippen LogP contribution in [-0.4, -0.2) is 17.7 Å². The quantitative estimate of drug-likeness (QED) is 0.795. The lowest BCUT2D eigenvalue weighted by atomic mass is 9.84. The van der Waals surface area contributed by atoms with Crippen molar-refractivity contribution in [1.29, 1.82) is 0 Å². The van der Waals surface area contributed by atoms with Gasteiger partial charge in [0.15, 0.2) is 0 Å². The number of hydrogen-bond donors (Lipinski definition) is 1. The predicted molar refractivity (Wildman–Crippen MR) is 74.2 cm³/mol. The minimum absolute atomic E-state index is 0.0696. The van der Waals surface area contributed by atoms with Crippen LogP contribution >= 0.6 is 0 Å². The maximum Gasteiger partial charge on any atom is 0.305 e. The second-order valence-corrected chi connectivity index (χ2v) is 5.27. The van der Waals surface area contributed by atoms with Gasteiger partial charge < -0.3 is 9.84 Å². The van der Waals surface area contributed by atoms with Gasteiger partial charge in [-0.05, 0) is 29.9 Å². The summed E-state index contributed by atoms with van der Waals surface area (Å²) in [6, 6.07) is 8.60. The summed E-state index contributed by atoms with van der Waals surface area (Å²) in [6.07, 6.45) is 6.78. The summed E-state index contributed by atoms with van der Waals surface area (Å²) in [4.78, 5) is 10.4. The van der Waals surface area contributed by atoms with E-state index < -0.39 is 5.97 Å². The molecule has 0 aromatic heterocycles. The Morgan fingerprint density at radius 2 is 1.84 bits per heavy atom. The van der Waals surface area contributed by atoms with E-state index >= 15 is 0 Å². The van der Waals surface area contributed by atoms with Crippen LogP contribution in [0, 0.1) is 0 Å². The van der Waals surface area contributed by atoms with Gasteiger partial charge in [-0.3, -0.25) is 4.79 Å². The van der Waals surface area contributed by atoms with Crippen molar-refractivity contribution in [3.63, 3.8) is 0 Å².